The summed E-state index contributed by atoms with van der Waals surface area (Å²) < 4.78 is 4.74. The summed E-state index contributed by atoms with van der Waals surface area (Å²) in [6.45, 7) is 1.55. The smallest absolute Gasteiger partial charge is 0.284 e. The summed E-state index contributed by atoms with van der Waals surface area (Å²) in [5.74, 6) is -1.37. The molecule has 12 heavy (non-hydrogen) atoms. The fourth-order valence-electron chi connectivity index (χ4n) is 0.903. The third kappa shape index (κ3) is 1.16. The SMILES string of the molecule is Cc1c(C(N)=O)coc1C(N)=O. The van der Waals surface area contributed by atoms with Crippen molar-refractivity contribution in [3.63, 3.8) is 0 Å². The summed E-state index contributed by atoms with van der Waals surface area (Å²) in [6, 6.07) is 0. The lowest BCUT2D eigenvalue weighted by Gasteiger charge is -1.91. The summed E-state index contributed by atoms with van der Waals surface area (Å²) >= 11 is 0. The van der Waals surface area contributed by atoms with E-state index in [0.29, 0.717) is 5.56 Å². The van der Waals surface area contributed by atoms with Gasteiger partial charge >= 0.3 is 0 Å². The maximum atomic E-state index is 10.7. The van der Waals surface area contributed by atoms with Crippen LogP contribution < -0.4 is 11.5 Å². The van der Waals surface area contributed by atoms with Gasteiger partial charge in [0.2, 0.25) is 0 Å². The first-order valence-corrected chi connectivity index (χ1v) is 3.21. The third-order valence-corrected chi connectivity index (χ3v) is 1.53. The minimum Gasteiger partial charge on any atom is -0.458 e. The normalized spacial score (nSPS) is 9.75. The Hall–Kier alpha value is -1.78. The molecule has 1 rings (SSSR count). The van der Waals surface area contributed by atoms with Crippen LogP contribution in [-0.4, -0.2) is 11.8 Å². The van der Waals surface area contributed by atoms with E-state index in [-0.39, 0.29) is 11.3 Å². The topological polar surface area (TPSA) is 99.3 Å². The summed E-state index contributed by atoms with van der Waals surface area (Å²) in [5, 5.41) is 0. The average Bonchev–Trinajstić information content (AvgIpc) is 2.30. The number of hydrogen-bond acceptors (Lipinski definition) is 3. The van der Waals surface area contributed by atoms with E-state index in [1.807, 2.05) is 0 Å². The van der Waals surface area contributed by atoms with Crippen molar-refractivity contribution in [3.05, 3.63) is 23.2 Å². The highest BCUT2D eigenvalue weighted by molar-refractivity contribution is 5.99. The molecular weight excluding hydrogens is 160 g/mol. The van der Waals surface area contributed by atoms with E-state index in [2.05, 4.69) is 0 Å². The van der Waals surface area contributed by atoms with E-state index in [0.717, 1.165) is 6.26 Å². The number of rotatable bonds is 2. The van der Waals surface area contributed by atoms with E-state index in [1.54, 1.807) is 6.92 Å². The van der Waals surface area contributed by atoms with Gasteiger partial charge in [-0.25, -0.2) is 0 Å². The zero-order chi connectivity index (χ0) is 9.30. The van der Waals surface area contributed by atoms with Gasteiger partial charge in [-0.05, 0) is 6.92 Å². The summed E-state index contributed by atoms with van der Waals surface area (Å²) in [4.78, 5) is 21.3. The van der Waals surface area contributed by atoms with Crippen LogP contribution >= 0.6 is 0 Å². The molecule has 0 aliphatic carbocycles. The van der Waals surface area contributed by atoms with Crippen LogP contribution in [0.5, 0.6) is 0 Å². The Morgan fingerprint density at radius 2 is 1.92 bits per heavy atom. The van der Waals surface area contributed by atoms with E-state index in [9.17, 15) is 9.59 Å². The lowest BCUT2D eigenvalue weighted by Crippen LogP contribution is -2.14. The second-order valence-corrected chi connectivity index (χ2v) is 2.33. The van der Waals surface area contributed by atoms with Crippen molar-refractivity contribution in [2.45, 2.75) is 6.92 Å². The minimum absolute atomic E-state index is 0.0243. The molecule has 5 nitrogen and oxygen atoms in total. The van der Waals surface area contributed by atoms with Gasteiger partial charge in [-0.15, -0.1) is 0 Å². The average molecular weight is 168 g/mol. The maximum Gasteiger partial charge on any atom is 0.284 e. The maximum absolute atomic E-state index is 10.7. The Morgan fingerprint density at radius 1 is 1.33 bits per heavy atom. The number of furan rings is 1. The molecule has 5 heteroatoms. The highest BCUT2D eigenvalue weighted by Gasteiger charge is 2.16. The molecule has 1 aromatic rings. The number of carbonyl (C=O) groups excluding carboxylic acids is 2. The van der Waals surface area contributed by atoms with Crippen LogP contribution in [-0.2, 0) is 0 Å². The van der Waals surface area contributed by atoms with Crippen molar-refractivity contribution < 1.29 is 14.0 Å². The van der Waals surface area contributed by atoms with Crippen molar-refractivity contribution in [1.29, 1.82) is 0 Å². The third-order valence-electron chi connectivity index (χ3n) is 1.53. The highest BCUT2D eigenvalue weighted by atomic mass is 16.3. The Morgan fingerprint density at radius 3 is 2.17 bits per heavy atom. The molecule has 1 heterocycles. The van der Waals surface area contributed by atoms with Crippen LogP contribution in [0.25, 0.3) is 0 Å². The molecule has 0 fully saturated rings. The molecule has 0 aromatic carbocycles. The minimum atomic E-state index is -0.708. The molecule has 0 aliphatic heterocycles. The Bertz CT molecular complexity index is 309. The molecule has 64 valence electrons. The van der Waals surface area contributed by atoms with Crippen LogP contribution in [0, 0.1) is 6.92 Å². The van der Waals surface area contributed by atoms with Gasteiger partial charge in [-0.3, -0.25) is 9.59 Å². The molecule has 0 spiro atoms. The lowest BCUT2D eigenvalue weighted by atomic mass is 10.1. The molecule has 2 amide bonds. The van der Waals surface area contributed by atoms with E-state index in [1.165, 1.54) is 0 Å². The number of hydrogen-bond donors (Lipinski definition) is 2. The van der Waals surface area contributed by atoms with Crippen molar-refractivity contribution >= 4 is 11.8 Å². The van der Waals surface area contributed by atoms with Gasteiger partial charge < -0.3 is 15.9 Å². The highest BCUT2D eigenvalue weighted by Crippen LogP contribution is 2.14. The van der Waals surface area contributed by atoms with E-state index < -0.39 is 11.8 Å². The molecule has 0 atom stereocenters. The molecule has 4 N–H and O–H groups in total. The molecule has 0 radical (unpaired) electrons. The van der Waals surface area contributed by atoms with E-state index >= 15 is 0 Å². The van der Waals surface area contributed by atoms with Crippen molar-refractivity contribution in [2.75, 3.05) is 0 Å². The van der Waals surface area contributed by atoms with Gasteiger partial charge in [0.05, 0.1) is 5.56 Å². The second kappa shape index (κ2) is 2.69. The molecule has 1 aromatic heterocycles. The molecule has 0 unspecified atom stereocenters. The standard InChI is InChI=1S/C7H8N2O3/c1-3-4(6(8)10)2-12-5(3)7(9)11/h2H,1H3,(H2,8,10)(H2,9,11). The van der Waals surface area contributed by atoms with Gasteiger partial charge in [-0.2, -0.15) is 0 Å². The Kier molecular flexibility index (Phi) is 1.86. The number of nitrogens with two attached hydrogens (primary N) is 2. The molecule has 0 saturated heterocycles. The summed E-state index contributed by atoms with van der Waals surface area (Å²) in [7, 11) is 0. The van der Waals surface area contributed by atoms with Crippen LogP contribution in [0.4, 0.5) is 0 Å². The van der Waals surface area contributed by atoms with Crippen molar-refractivity contribution in [2.24, 2.45) is 11.5 Å². The first kappa shape index (κ1) is 8.32. The monoisotopic (exact) mass is 168 g/mol. The molecule has 0 saturated carbocycles. The van der Waals surface area contributed by atoms with Crippen LogP contribution in [0.2, 0.25) is 0 Å². The lowest BCUT2D eigenvalue weighted by molar-refractivity contribution is 0.0971. The van der Waals surface area contributed by atoms with Gasteiger partial charge in [0.1, 0.15) is 6.26 Å². The van der Waals surface area contributed by atoms with Gasteiger partial charge in [0, 0.05) is 5.56 Å². The Balaban J connectivity index is 3.22. The number of carbonyl (C=O) groups is 2. The first-order valence-electron chi connectivity index (χ1n) is 3.21. The van der Waals surface area contributed by atoms with E-state index in [4.69, 9.17) is 15.9 Å². The summed E-state index contributed by atoms with van der Waals surface area (Å²) in [6.07, 6.45) is 1.12. The predicted octanol–water partition coefficient (Wildman–Crippen LogP) is -0.214. The zero-order valence-electron chi connectivity index (χ0n) is 6.46. The van der Waals surface area contributed by atoms with Gasteiger partial charge in [-0.1, -0.05) is 0 Å². The van der Waals surface area contributed by atoms with Crippen molar-refractivity contribution in [3.8, 4) is 0 Å². The van der Waals surface area contributed by atoms with Gasteiger partial charge in [0.15, 0.2) is 5.76 Å². The predicted molar refractivity (Wildman–Crippen MR) is 40.5 cm³/mol. The number of amides is 2. The fourth-order valence-corrected chi connectivity index (χ4v) is 0.903. The van der Waals surface area contributed by atoms with Gasteiger partial charge in [0.25, 0.3) is 11.8 Å². The second-order valence-electron chi connectivity index (χ2n) is 2.33. The fraction of sp³-hybridized carbons (Fsp3) is 0.143. The van der Waals surface area contributed by atoms with Crippen LogP contribution in [0.1, 0.15) is 26.5 Å². The zero-order valence-corrected chi connectivity index (χ0v) is 6.46. The van der Waals surface area contributed by atoms with Crippen LogP contribution in [0.3, 0.4) is 0 Å². The quantitative estimate of drug-likeness (QED) is 0.638. The summed E-state index contributed by atoms with van der Waals surface area (Å²) in [5.41, 5.74) is 10.5. The largest absolute Gasteiger partial charge is 0.458 e. The molecule has 0 bridgehead atoms. The molecular formula is C7H8N2O3. The van der Waals surface area contributed by atoms with Crippen molar-refractivity contribution in [1.82, 2.24) is 0 Å². The first-order chi connectivity index (χ1) is 5.54. The Labute approximate surface area is 68.3 Å². The van der Waals surface area contributed by atoms with Crippen LogP contribution in [0.15, 0.2) is 10.7 Å². The molecule has 0 aliphatic rings. The number of primary amides is 2.